The molecule has 2 aliphatic heterocycles. The molecule has 0 atom stereocenters. The number of aliphatic hydroxyl groups is 1. The number of pyridine rings is 1. The number of carbonyl (C=O) groups is 4. The average molecular weight is 891 g/mol. The lowest BCUT2D eigenvalue weighted by Crippen LogP contribution is -2.49. The number of hydrogen-bond acceptors (Lipinski definition) is 8. The van der Waals surface area contributed by atoms with Crippen molar-refractivity contribution in [1.29, 1.82) is 0 Å². The molecule has 2 aromatic heterocycles. The fraction of sp³-hybridized carbons (Fsp3) is 0.522. The van der Waals surface area contributed by atoms with E-state index in [0.717, 1.165) is 88.3 Å². The van der Waals surface area contributed by atoms with Gasteiger partial charge in [-0.15, -0.1) is 0 Å². The zero-order valence-electron chi connectivity index (χ0n) is 35.8. The average Bonchev–Trinajstić information content (AvgIpc) is 3.67. The molecule has 5 amide bonds. The molecule has 4 heterocycles. The van der Waals surface area contributed by atoms with Crippen LogP contribution in [0.1, 0.15) is 123 Å². The van der Waals surface area contributed by atoms with Gasteiger partial charge >= 0.3 is 12.2 Å². The number of rotatable bonds is 9. The zero-order chi connectivity index (χ0) is 44.8. The SMILES string of the molecule is CN(CC1CCC(n2cc3cc(NC(=O)c4cccc(C(F)(F)F)n4)c(C(C)(C)O)cc3n2)CC1)C1CCC2(CC1)CCN(C(=O)c1ccc(Cl)c(N3CCC(=O)NC3=O)c1)CC2. The number of amides is 5. The molecule has 63 heavy (non-hydrogen) atoms. The highest BCUT2D eigenvalue weighted by Crippen LogP contribution is 2.46. The van der Waals surface area contributed by atoms with E-state index in [1.54, 1.807) is 44.2 Å². The Morgan fingerprint density at radius 3 is 2.35 bits per heavy atom. The summed E-state index contributed by atoms with van der Waals surface area (Å²) in [6, 6.07) is 11.7. The Morgan fingerprint density at radius 2 is 1.68 bits per heavy atom. The van der Waals surface area contributed by atoms with Crippen molar-refractivity contribution in [3.8, 4) is 0 Å². The number of benzene rings is 2. The number of fused-ring (bicyclic) bond motifs is 1. The maximum absolute atomic E-state index is 13.6. The molecule has 13 nitrogen and oxygen atoms in total. The van der Waals surface area contributed by atoms with E-state index in [1.807, 2.05) is 15.8 Å². The van der Waals surface area contributed by atoms with Crippen molar-refractivity contribution >= 4 is 57.6 Å². The summed E-state index contributed by atoms with van der Waals surface area (Å²) in [4.78, 5) is 60.3. The summed E-state index contributed by atoms with van der Waals surface area (Å²) in [5.74, 6) is -0.660. The van der Waals surface area contributed by atoms with Crippen LogP contribution in [0.25, 0.3) is 10.9 Å². The van der Waals surface area contributed by atoms with Crippen molar-refractivity contribution in [3.05, 3.63) is 82.3 Å². The topological polar surface area (TPSA) is 153 Å². The Kier molecular flexibility index (Phi) is 12.4. The summed E-state index contributed by atoms with van der Waals surface area (Å²) in [5.41, 5.74) is -0.478. The predicted octanol–water partition coefficient (Wildman–Crippen LogP) is 8.56. The largest absolute Gasteiger partial charge is 0.433 e. The second kappa shape index (κ2) is 17.5. The van der Waals surface area contributed by atoms with Crippen LogP contribution in [0.15, 0.2) is 54.7 Å². The van der Waals surface area contributed by atoms with Gasteiger partial charge in [-0.25, -0.2) is 9.78 Å². The number of likely N-dealkylation sites (tertiary alicyclic amines) is 1. The van der Waals surface area contributed by atoms with Gasteiger partial charge in [-0.2, -0.15) is 18.3 Å². The third-order valence-electron chi connectivity index (χ3n) is 13.9. The fourth-order valence-electron chi connectivity index (χ4n) is 10.1. The lowest BCUT2D eigenvalue weighted by molar-refractivity contribution is -0.141. The summed E-state index contributed by atoms with van der Waals surface area (Å²) < 4.78 is 41.8. The van der Waals surface area contributed by atoms with Crippen molar-refractivity contribution in [2.45, 2.75) is 108 Å². The van der Waals surface area contributed by atoms with Crippen molar-refractivity contribution in [1.82, 2.24) is 29.9 Å². The van der Waals surface area contributed by atoms with E-state index >= 15 is 0 Å². The van der Waals surface area contributed by atoms with Crippen molar-refractivity contribution in [3.63, 3.8) is 0 Å². The minimum Gasteiger partial charge on any atom is -0.386 e. The van der Waals surface area contributed by atoms with E-state index in [4.69, 9.17) is 16.7 Å². The smallest absolute Gasteiger partial charge is 0.386 e. The van der Waals surface area contributed by atoms with Crippen LogP contribution in [0.5, 0.6) is 0 Å². The van der Waals surface area contributed by atoms with Gasteiger partial charge in [-0.1, -0.05) is 17.7 Å². The van der Waals surface area contributed by atoms with Crippen LogP contribution in [0.4, 0.5) is 29.3 Å². The molecule has 336 valence electrons. The number of anilines is 2. The summed E-state index contributed by atoms with van der Waals surface area (Å²) in [5, 5.41) is 22.0. The minimum absolute atomic E-state index is 0.0762. The minimum atomic E-state index is -4.69. The van der Waals surface area contributed by atoms with Crippen LogP contribution in [-0.2, 0) is 16.6 Å². The van der Waals surface area contributed by atoms with Crippen molar-refractivity contribution in [2.24, 2.45) is 11.3 Å². The number of aromatic nitrogens is 3. The third-order valence-corrected chi connectivity index (χ3v) is 14.2. The number of nitrogens with zero attached hydrogens (tertiary/aromatic N) is 6. The summed E-state index contributed by atoms with van der Waals surface area (Å²) >= 11 is 6.43. The number of urea groups is 1. The molecule has 8 rings (SSSR count). The van der Waals surface area contributed by atoms with E-state index in [1.165, 1.54) is 11.0 Å². The number of piperidine rings is 1. The van der Waals surface area contributed by atoms with E-state index in [2.05, 4.69) is 27.6 Å². The molecule has 2 saturated carbocycles. The maximum atomic E-state index is 13.6. The molecule has 4 aliphatic rings. The van der Waals surface area contributed by atoms with Gasteiger partial charge in [0.2, 0.25) is 5.91 Å². The third kappa shape index (κ3) is 9.72. The lowest BCUT2D eigenvalue weighted by atomic mass is 9.66. The molecule has 17 heteroatoms. The molecule has 3 N–H and O–H groups in total. The Bertz CT molecular complexity index is 2390. The van der Waals surface area contributed by atoms with Crippen LogP contribution >= 0.6 is 11.6 Å². The number of halogens is 4. The van der Waals surface area contributed by atoms with Gasteiger partial charge in [-0.3, -0.25) is 29.3 Å². The molecule has 1 spiro atoms. The quantitative estimate of drug-likeness (QED) is 0.151. The van der Waals surface area contributed by atoms with Crippen LogP contribution < -0.4 is 15.5 Å². The van der Waals surface area contributed by atoms with Crippen molar-refractivity contribution in [2.75, 3.05) is 43.4 Å². The molecule has 2 aromatic carbocycles. The van der Waals surface area contributed by atoms with Gasteiger partial charge in [0.15, 0.2) is 0 Å². The molecule has 0 bridgehead atoms. The van der Waals surface area contributed by atoms with Crippen LogP contribution in [-0.4, -0.2) is 92.7 Å². The first-order chi connectivity index (χ1) is 29.9. The summed E-state index contributed by atoms with van der Waals surface area (Å²) in [6.07, 6.45) is 7.93. The standard InChI is InChI=1S/C46H54ClF3N8O5/c1-44(2,63)33-25-36-30(23-37(33)52-41(60)35-5-4-6-39(51-35)46(48,49)50)27-58(54-36)32-10-7-28(8-11-32)26-55(3)31-13-16-45(17-14-31)18-21-56(22-19-45)42(61)29-9-12-34(47)38(24-29)57-20-15-40(59)53-43(57)62/h4-6,9,12,23-25,27-28,31-32,63H,7-8,10-11,13-22,26H2,1-3H3,(H,52,60)(H,53,59,62). The van der Waals surface area contributed by atoms with E-state index in [-0.39, 0.29) is 47.6 Å². The van der Waals surface area contributed by atoms with Crippen LogP contribution in [0.3, 0.4) is 0 Å². The molecular formula is C46H54ClF3N8O5. The highest BCUT2D eigenvalue weighted by atomic mass is 35.5. The van der Waals surface area contributed by atoms with Crippen LogP contribution in [0, 0.1) is 11.3 Å². The molecule has 0 unspecified atom stereocenters. The normalized spacial score (nSPS) is 21.3. The molecule has 4 aromatic rings. The Hall–Kier alpha value is -5.06. The van der Waals surface area contributed by atoms with Gasteiger partial charge in [-0.05, 0) is 139 Å². The van der Waals surface area contributed by atoms with Gasteiger partial charge in [0.25, 0.3) is 11.8 Å². The van der Waals surface area contributed by atoms with E-state index < -0.39 is 29.4 Å². The molecule has 2 aliphatic carbocycles. The molecule has 0 radical (unpaired) electrons. The second-order valence-electron chi connectivity index (χ2n) is 18.5. The van der Waals surface area contributed by atoms with Gasteiger partial charge < -0.3 is 20.2 Å². The Balaban J connectivity index is 0.819. The first-order valence-electron chi connectivity index (χ1n) is 21.9. The van der Waals surface area contributed by atoms with E-state index in [0.29, 0.717) is 52.4 Å². The van der Waals surface area contributed by atoms with Crippen LogP contribution in [0.2, 0.25) is 5.02 Å². The molecular weight excluding hydrogens is 837 g/mol. The number of nitrogens with one attached hydrogen (secondary N) is 2. The van der Waals surface area contributed by atoms with Gasteiger partial charge in [0.1, 0.15) is 11.4 Å². The van der Waals surface area contributed by atoms with Gasteiger partial charge in [0.05, 0.1) is 27.9 Å². The second-order valence-corrected chi connectivity index (χ2v) is 19.0. The summed E-state index contributed by atoms with van der Waals surface area (Å²) in [7, 11) is 2.25. The highest BCUT2D eigenvalue weighted by molar-refractivity contribution is 6.34. The van der Waals surface area contributed by atoms with Gasteiger partial charge in [0, 0.05) is 67.0 Å². The molecule has 2 saturated heterocycles. The Labute approximate surface area is 369 Å². The maximum Gasteiger partial charge on any atom is 0.433 e. The highest BCUT2D eigenvalue weighted by Gasteiger charge is 2.41. The zero-order valence-corrected chi connectivity index (χ0v) is 36.6. The van der Waals surface area contributed by atoms with Crippen molar-refractivity contribution < 1.29 is 37.5 Å². The molecule has 4 fully saturated rings. The first kappa shape index (κ1) is 44.5. The number of carbonyl (C=O) groups excluding carboxylic acids is 4. The Morgan fingerprint density at radius 1 is 0.968 bits per heavy atom. The monoisotopic (exact) mass is 890 g/mol. The fourth-order valence-corrected chi connectivity index (χ4v) is 10.3. The van der Waals surface area contributed by atoms with E-state index in [9.17, 15) is 37.5 Å². The lowest BCUT2D eigenvalue weighted by Gasteiger charge is -2.47. The first-order valence-corrected chi connectivity index (χ1v) is 22.3. The number of imide groups is 1. The predicted molar refractivity (Wildman–Crippen MR) is 233 cm³/mol. The number of hydrogen-bond donors (Lipinski definition) is 3. The number of alkyl halides is 3. The summed E-state index contributed by atoms with van der Waals surface area (Å²) in [6.45, 7) is 5.76.